The highest BCUT2D eigenvalue weighted by atomic mass is 32.1. The zero-order valence-corrected chi connectivity index (χ0v) is 22.0. The maximum Gasteiger partial charge on any atom is 0.0440 e. The summed E-state index contributed by atoms with van der Waals surface area (Å²) < 4.78 is 2.92. The van der Waals surface area contributed by atoms with Gasteiger partial charge in [-0.2, -0.15) is 0 Å². The fraction of sp³-hybridized carbons (Fsp3) is 0.294. The van der Waals surface area contributed by atoms with E-state index in [4.69, 9.17) is 0 Å². The molecule has 4 aromatic carbocycles. The fourth-order valence-electron chi connectivity index (χ4n) is 7.92. The first-order valence-corrected chi connectivity index (χ1v) is 14.2. The molecule has 0 N–H and O–H groups in total. The number of thiophene rings is 1. The van der Waals surface area contributed by atoms with Crippen LogP contribution in [0, 0.1) is 0 Å². The van der Waals surface area contributed by atoms with Gasteiger partial charge in [-0.05, 0) is 70.7 Å². The Balaban J connectivity index is 1.83. The molecule has 0 unspecified atom stereocenters. The lowest BCUT2D eigenvalue weighted by Crippen LogP contribution is -2.26. The molecular weight excluding hydrogens is 440 g/mol. The minimum atomic E-state index is 0.0606. The van der Waals surface area contributed by atoms with E-state index >= 15 is 0 Å². The summed E-state index contributed by atoms with van der Waals surface area (Å²) in [6.07, 6.45) is 4.51. The van der Waals surface area contributed by atoms with Crippen LogP contribution in [0.4, 0.5) is 0 Å². The first-order chi connectivity index (χ1) is 17.2. The zero-order chi connectivity index (χ0) is 23.9. The van der Waals surface area contributed by atoms with Crippen molar-refractivity contribution in [1.29, 1.82) is 0 Å². The van der Waals surface area contributed by atoms with Gasteiger partial charge in [0.25, 0.3) is 0 Å². The van der Waals surface area contributed by atoms with Gasteiger partial charge in [-0.1, -0.05) is 94.4 Å². The van der Waals surface area contributed by atoms with Crippen LogP contribution >= 0.6 is 11.3 Å². The molecule has 0 aliphatic heterocycles. The van der Waals surface area contributed by atoms with Crippen LogP contribution in [0.2, 0.25) is 0 Å². The third-order valence-electron chi connectivity index (χ3n) is 9.62. The average Bonchev–Trinajstić information content (AvgIpc) is 3.53. The maximum absolute atomic E-state index is 2.43. The van der Waals surface area contributed by atoms with Crippen molar-refractivity contribution in [1.82, 2.24) is 0 Å². The second-order valence-electron chi connectivity index (χ2n) is 10.5. The van der Waals surface area contributed by atoms with Gasteiger partial charge >= 0.3 is 0 Å². The van der Waals surface area contributed by atoms with Crippen molar-refractivity contribution in [2.24, 2.45) is 0 Å². The summed E-state index contributed by atoms with van der Waals surface area (Å²) in [5.74, 6) is 0. The number of benzene rings is 4. The van der Waals surface area contributed by atoms with E-state index in [1.807, 2.05) is 11.3 Å². The van der Waals surface area contributed by atoms with E-state index in [-0.39, 0.29) is 10.8 Å². The van der Waals surface area contributed by atoms with Gasteiger partial charge < -0.3 is 0 Å². The smallest absolute Gasteiger partial charge is 0.0440 e. The molecule has 1 heteroatoms. The van der Waals surface area contributed by atoms with Crippen LogP contribution in [0.1, 0.15) is 75.6 Å². The lowest BCUT2D eigenvalue weighted by molar-refractivity contribution is 0.484. The molecule has 5 aromatic rings. The van der Waals surface area contributed by atoms with Crippen LogP contribution in [-0.4, -0.2) is 0 Å². The van der Waals surface area contributed by atoms with Crippen molar-refractivity contribution in [3.63, 3.8) is 0 Å². The van der Waals surface area contributed by atoms with Crippen LogP contribution < -0.4 is 0 Å². The van der Waals surface area contributed by atoms with Gasteiger partial charge in [0.05, 0.1) is 0 Å². The second kappa shape index (κ2) is 7.31. The van der Waals surface area contributed by atoms with E-state index in [0.717, 1.165) is 25.7 Å². The number of rotatable bonds is 4. The van der Waals surface area contributed by atoms with Gasteiger partial charge in [0.15, 0.2) is 0 Å². The SMILES string of the molecule is CCC1(CC)c2ccccc2-c2c1c1c(c3c2sc2ccccc23)C(CC)(CC)c2ccccc2-1. The monoisotopic (exact) mass is 472 g/mol. The Labute approximate surface area is 212 Å². The Hall–Kier alpha value is -2.90. The van der Waals surface area contributed by atoms with Gasteiger partial charge in [-0.3, -0.25) is 0 Å². The van der Waals surface area contributed by atoms with E-state index in [9.17, 15) is 0 Å². The molecule has 0 fully saturated rings. The van der Waals surface area contributed by atoms with E-state index in [0.29, 0.717) is 0 Å². The molecule has 0 radical (unpaired) electrons. The number of fused-ring (bicyclic) bond motifs is 12. The maximum atomic E-state index is 2.43. The van der Waals surface area contributed by atoms with Crippen LogP contribution in [-0.2, 0) is 10.8 Å². The summed E-state index contributed by atoms with van der Waals surface area (Å²) in [6, 6.07) is 27.8. The summed E-state index contributed by atoms with van der Waals surface area (Å²) in [5.41, 5.74) is 12.5. The van der Waals surface area contributed by atoms with Crippen LogP contribution in [0.3, 0.4) is 0 Å². The molecule has 174 valence electrons. The van der Waals surface area contributed by atoms with Crippen molar-refractivity contribution >= 4 is 31.5 Å². The molecule has 1 heterocycles. The molecule has 0 nitrogen and oxygen atoms in total. The molecule has 2 aliphatic carbocycles. The highest BCUT2D eigenvalue weighted by Gasteiger charge is 2.50. The molecular formula is C34H32S. The van der Waals surface area contributed by atoms with E-state index < -0.39 is 0 Å². The molecule has 2 aliphatic rings. The quantitative estimate of drug-likeness (QED) is 0.244. The van der Waals surface area contributed by atoms with Crippen LogP contribution in [0.15, 0.2) is 72.8 Å². The Bertz CT molecular complexity index is 1640. The second-order valence-corrected chi connectivity index (χ2v) is 11.5. The average molecular weight is 473 g/mol. The molecule has 0 saturated carbocycles. The third-order valence-corrected chi connectivity index (χ3v) is 10.8. The predicted molar refractivity (Wildman–Crippen MR) is 153 cm³/mol. The van der Waals surface area contributed by atoms with Crippen LogP contribution in [0.25, 0.3) is 42.4 Å². The first kappa shape index (κ1) is 21.4. The fourth-order valence-corrected chi connectivity index (χ4v) is 9.19. The molecule has 0 saturated heterocycles. The summed E-state index contributed by atoms with van der Waals surface area (Å²) in [7, 11) is 0. The lowest BCUT2D eigenvalue weighted by Gasteiger charge is -2.34. The van der Waals surface area contributed by atoms with Crippen LogP contribution in [0.5, 0.6) is 0 Å². The molecule has 0 spiro atoms. The Kier molecular flexibility index (Phi) is 4.46. The summed E-state index contributed by atoms with van der Waals surface area (Å²) in [6.45, 7) is 9.63. The van der Waals surface area contributed by atoms with E-state index in [1.165, 1.54) is 42.4 Å². The predicted octanol–water partition coefficient (Wildman–Crippen LogP) is 10.2. The van der Waals surface area contributed by atoms with Crippen molar-refractivity contribution < 1.29 is 0 Å². The summed E-state index contributed by atoms with van der Waals surface area (Å²) in [4.78, 5) is 0. The molecule has 35 heavy (non-hydrogen) atoms. The van der Waals surface area contributed by atoms with Gasteiger partial charge in [0, 0.05) is 36.6 Å². The summed E-state index contributed by atoms with van der Waals surface area (Å²) >= 11 is 2.02. The highest BCUT2D eigenvalue weighted by molar-refractivity contribution is 7.26. The number of hydrogen-bond acceptors (Lipinski definition) is 1. The van der Waals surface area contributed by atoms with E-state index in [1.54, 1.807) is 22.3 Å². The molecule has 1 aromatic heterocycles. The Morgan fingerprint density at radius 1 is 0.571 bits per heavy atom. The standard InChI is InChI=1S/C34H32S/c1-5-33(6-2)24-18-12-9-15-21(24)27-30-28(22-16-10-13-19-25(22)34(30,7-3)8-4)32-29(31(27)33)23-17-11-14-20-26(23)35-32/h9-20H,5-8H2,1-4H3. The minimum Gasteiger partial charge on any atom is -0.135 e. The zero-order valence-electron chi connectivity index (χ0n) is 21.2. The largest absolute Gasteiger partial charge is 0.135 e. The molecule has 0 bridgehead atoms. The van der Waals surface area contributed by atoms with Gasteiger partial charge in [-0.15, -0.1) is 11.3 Å². The molecule has 7 rings (SSSR count). The lowest BCUT2D eigenvalue weighted by atomic mass is 9.69. The third kappa shape index (κ3) is 2.34. The Morgan fingerprint density at radius 2 is 1.09 bits per heavy atom. The van der Waals surface area contributed by atoms with Crippen molar-refractivity contribution in [2.75, 3.05) is 0 Å². The van der Waals surface area contributed by atoms with Gasteiger partial charge in [-0.25, -0.2) is 0 Å². The highest BCUT2D eigenvalue weighted by Crippen LogP contribution is 2.66. The van der Waals surface area contributed by atoms with Crippen molar-refractivity contribution in [2.45, 2.75) is 64.2 Å². The topological polar surface area (TPSA) is 0 Å². The summed E-state index contributed by atoms with van der Waals surface area (Å²) in [5, 5.41) is 2.96. The minimum absolute atomic E-state index is 0.0606. The first-order valence-electron chi connectivity index (χ1n) is 13.4. The van der Waals surface area contributed by atoms with Gasteiger partial charge in [0.2, 0.25) is 0 Å². The normalized spacial score (nSPS) is 16.3. The van der Waals surface area contributed by atoms with Crippen molar-refractivity contribution in [3.05, 3.63) is 95.1 Å². The molecule has 0 amide bonds. The molecule has 0 atom stereocenters. The van der Waals surface area contributed by atoms with E-state index in [2.05, 4.69) is 100 Å². The van der Waals surface area contributed by atoms with Crippen molar-refractivity contribution in [3.8, 4) is 22.3 Å². The number of hydrogen-bond donors (Lipinski definition) is 0. The Morgan fingerprint density at radius 3 is 1.71 bits per heavy atom. The van der Waals surface area contributed by atoms with Gasteiger partial charge in [0.1, 0.15) is 0 Å².